The number of aromatic nitrogens is 1. The molecule has 0 aliphatic carbocycles. The second kappa shape index (κ2) is 6.62. The molecule has 1 fully saturated rings. The monoisotopic (exact) mass is 354 g/mol. The van der Waals surface area contributed by atoms with Crippen LogP contribution in [-0.2, 0) is 0 Å². The maximum absolute atomic E-state index is 8.10. The third kappa shape index (κ3) is 3.65. The van der Waals surface area contributed by atoms with Gasteiger partial charge in [0.1, 0.15) is 11.7 Å². The van der Waals surface area contributed by atoms with E-state index in [0.717, 1.165) is 31.6 Å². The molecular formula is C14H23BrN6. The zero-order chi connectivity index (χ0) is 15.6. The third-order valence-corrected chi connectivity index (χ3v) is 4.52. The van der Waals surface area contributed by atoms with Crippen molar-refractivity contribution in [3.8, 4) is 0 Å². The van der Waals surface area contributed by atoms with E-state index in [4.69, 9.17) is 11.1 Å². The number of halogens is 1. The fourth-order valence-electron chi connectivity index (χ4n) is 2.55. The smallest absolute Gasteiger partial charge is 0.134 e. The molecule has 1 aromatic heterocycles. The topological polar surface area (TPSA) is 72.5 Å². The molecule has 0 spiro atoms. The van der Waals surface area contributed by atoms with Crippen molar-refractivity contribution in [1.82, 2.24) is 13.8 Å². The van der Waals surface area contributed by atoms with Gasteiger partial charge in [0.25, 0.3) is 0 Å². The zero-order valence-electron chi connectivity index (χ0n) is 12.8. The Morgan fingerprint density at radius 1 is 1.38 bits per heavy atom. The van der Waals surface area contributed by atoms with Crippen molar-refractivity contribution in [3.05, 3.63) is 17.8 Å². The first-order valence-electron chi connectivity index (χ1n) is 7.05. The Hall–Kier alpha value is -1.34. The lowest BCUT2D eigenvalue weighted by molar-refractivity contribution is 0.346. The van der Waals surface area contributed by atoms with Gasteiger partial charge in [0, 0.05) is 49.4 Å². The van der Waals surface area contributed by atoms with Crippen molar-refractivity contribution >= 4 is 33.5 Å². The van der Waals surface area contributed by atoms with Gasteiger partial charge in [-0.1, -0.05) is 0 Å². The van der Waals surface area contributed by atoms with Crippen LogP contribution >= 0.6 is 16.1 Å². The molecule has 2 heterocycles. The maximum Gasteiger partial charge on any atom is 0.134 e. The van der Waals surface area contributed by atoms with Crippen molar-refractivity contribution in [2.75, 3.05) is 44.9 Å². The van der Waals surface area contributed by atoms with E-state index in [1.807, 2.05) is 20.2 Å². The van der Waals surface area contributed by atoms with E-state index < -0.39 is 0 Å². The van der Waals surface area contributed by atoms with Crippen molar-refractivity contribution in [3.63, 3.8) is 0 Å². The lowest BCUT2D eigenvalue weighted by atomic mass is 10.0. The molecule has 7 heteroatoms. The molecule has 0 aromatic carbocycles. The molecule has 1 aliphatic heterocycles. The summed E-state index contributed by atoms with van der Waals surface area (Å²) in [6, 6.07) is 2.55. The van der Waals surface area contributed by atoms with Gasteiger partial charge in [-0.25, -0.2) is 8.91 Å². The van der Waals surface area contributed by atoms with Crippen LogP contribution in [-0.4, -0.2) is 59.9 Å². The fourth-order valence-corrected chi connectivity index (χ4v) is 2.96. The first kappa shape index (κ1) is 16.0. The van der Waals surface area contributed by atoms with Crippen LogP contribution in [0.1, 0.15) is 18.4 Å². The summed E-state index contributed by atoms with van der Waals surface area (Å²) in [5.41, 5.74) is 7.64. The number of hydrogen-bond donors (Lipinski definition) is 2. The van der Waals surface area contributed by atoms with Gasteiger partial charge in [-0.15, -0.1) is 0 Å². The Morgan fingerprint density at radius 3 is 2.52 bits per heavy atom. The number of rotatable bonds is 3. The summed E-state index contributed by atoms with van der Waals surface area (Å²) >= 11 is 3.52. The number of hydrogen-bond acceptors (Lipinski definition) is 5. The highest BCUT2D eigenvalue weighted by atomic mass is 79.9. The normalized spacial score (nSPS) is 16.3. The summed E-state index contributed by atoms with van der Waals surface area (Å²) in [7, 11) is 5.74. The molecular weight excluding hydrogens is 332 g/mol. The second-order valence-electron chi connectivity index (χ2n) is 5.61. The molecule has 0 unspecified atom stereocenters. The van der Waals surface area contributed by atoms with Crippen molar-refractivity contribution in [1.29, 1.82) is 5.41 Å². The summed E-state index contributed by atoms with van der Waals surface area (Å²) in [6.07, 6.45) is 4.01. The average molecular weight is 355 g/mol. The van der Waals surface area contributed by atoms with E-state index >= 15 is 0 Å². The van der Waals surface area contributed by atoms with E-state index in [9.17, 15) is 0 Å². The zero-order valence-corrected chi connectivity index (χ0v) is 14.4. The highest BCUT2D eigenvalue weighted by Crippen LogP contribution is 2.25. The highest BCUT2D eigenvalue weighted by Gasteiger charge is 2.22. The van der Waals surface area contributed by atoms with Crippen LogP contribution in [0.2, 0.25) is 0 Å². The van der Waals surface area contributed by atoms with E-state index in [-0.39, 0.29) is 0 Å². The molecule has 0 radical (unpaired) electrons. The molecule has 6 nitrogen and oxygen atoms in total. The van der Waals surface area contributed by atoms with Crippen molar-refractivity contribution in [2.24, 2.45) is 0 Å². The van der Waals surface area contributed by atoms with Crippen molar-refractivity contribution < 1.29 is 0 Å². The fraction of sp³-hybridized carbons (Fsp3) is 0.571. The van der Waals surface area contributed by atoms with E-state index in [1.54, 1.807) is 11.1 Å². The minimum Gasteiger partial charge on any atom is -0.383 e. The molecule has 21 heavy (non-hydrogen) atoms. The van der Waals surface area contributed by atoms with Gasteiger partial charge in [0.05, 0.1) is 17.4 Å². The van der Waals surface area contributed by atoms with E-state index in [1.165, 1.54) is 0 Å². The summed E-state index contributed by atoms with van der Waals surface area (Å²) in [5, 5.41) is 8.10. The number of amidine groups is 1. The first-order valence-corrected chi connectivity index (χ1v) is 7.76. The Morgan fingerprint density at radius 2 is 2.00 bits per heavy atom. The first-order chi connectivity index (χ1) is 9.90. The third-order valence-electron chi connectivity index (χ3n) is 3.94. The Bertz CT molecular complexity index is 508. The van der Waals surface area contributed by atoms with Gasteiger partial charge in [0.15, 0.2) is 0 Å². The van der Waals surface area contributed by atoms with Gasteiger partial charge >= 0.3 is 0 Å². The number of nitrogens with zero attached hydrogens (tertiary/aromatic N) is 4. The lowest BCUT2D eigenvalue weighted by Gasteiger charge is -2.35. The standard InChI is InChI=1S/C14H23BrN6/c1-19(2)14(17)12-8-11(9-18-13(12)16)21-6-4-10(5-7-21)20(3)15/h8-10,17H,4-7H2,1-3H3,(H2,16,18). The minimum atomic E-state index is 0.386. The van der Waals surface area contributed by atoms with Gasteiger partial charge in [0.2, 0.25) is 0 Å². The minimum absolute atomic E-state index is 0.386. The summed E-state index contributed by atoms with van der Waals surface area (Å²) in [4.78, 5) is 8.31. The average Bonchev–Trinajstić information content (AvgIpc) is 2.47. The van der Waals surface area contributed by atoms with Gasteiger partial charge < -0.3 is 15.5 Å². The predicted molar refractivity (Wildman–Crippen MR) is 91.1 cm³/mol. The number of piperidine rings is 1. The van der Waals surface area contributed by atoms with Crippen LogP contribution in [0.25, 0.3) is 0 Å². The Kier molecular flexibility index (Phi) is 5.05. The summed E-state index contributed by atoms with van der Waals surface area (Å²) < 4.78 is 2.11. The molecule has 1 saturated heterocycles. The van der Waals surface area contributed by atoms with E-state index in [2.05, 4.69) is 37.0 Å². The largest absolute Gasteiger partial charge is 0.383 e. The quantitative estimate of drug-likeness (QED) is 0.491. The van der Waals surface area contributed by atoms with Crippen LogP contribution in [0.4, 0.5) is 11.5 Å². The second-order valence-corrected chi connectivity index (χ2v) is 6.73. The van der Waals surface area contributed by atoms with Gasteiger partial charge in [-0.3, -0.25) is 5.41 Å². The molecule has 0 atom stereocenters. The van der Waals surface area contributed by atoms with Crippen LogP contribution < -0.4 is 10.6 Å². The number of pyridine rings is 1. The number of nitrogens with one attached hydrogen (secondary N) is 1. The molecule has 116 valence electrons. The molecule has 3 N–H and O–H groups in total. The molecule has 1 aliphatic rings. The highest BCUT2D eigenvalue weighted by molar-refractivity contribution is 9.07. The number of nitrogen functional groups attached to an aromatic ring is 1. The molecule has 0 amide bonds. The van der Waals surface area contributed by atoms with Gasteiger partial charge in [-0.2, -0.15) is 0 Å². The molecule has 0 saturated carbocycles. The number of anilines is 2. The van der Waals surface area contributed by atoms with E-state index in [0.29, 0.717) is 23.3 Å². The van der Waals surface area contributed by atoms with Crippen LogP contribution in [0.5, 0.6) is 0 Å². The Labute approximate surface area is 134 Å². The molecule has 2 rings (SSSR count). The van der Waals surface area contributed by atoms with Crippen LogP contribution in [0, 0.1) is 5.41 Å². The SMILES string of the molecule is CN(C)C(=N)c1cc(N2CCC(N(C)Br)CC2)cnc1N. The van der Waals surface area contributed by atoms with Gasteiger partial charge in [-0.05, 0) is 26.0 Å². The van der Waals surface area contributed by atoms with Crippen LogP contribution in [0.15, 0.2) is 12.3 Å². The van der Waals surface area contributed by atoms with Crippen molar-refractivity contribution in [2.45, 2.75) is 18.9 Å². The van der Waals surface area contributed by atoms with Crippen LogP contribution in [0.3, 0.4) is 0 Å². The maximum atomic E-state index is 8.10. The predicted octanol–water partition coefficient (Wildman–Crippen LogP) is 1.76. The Balaban J connectivity index is 2.15. The lowest BCUT2D eigenvalue weighted by Crippen LogP contribution is -2.40. The summed E-state index contributed by atoms with van der Waals surface area (Å²) in [6.45, 7) is 1.97. The summed E-state index contributed by atoms with van der Waals surface area (Å²) in [5.74, 6) is 0.796. The number of nitrogens with two attached hydrogens (primary N) is 1. The molecule has 0 bridgehead atoms. The molecule has 1 aromatic rings.